The van der Waals surface area contributed by atoms with Gasteiger partial charge in [0.25, 0.3) is 0 Å². The number of H-pyrrole nitrogens is 1. The molecule has 0 saturated carbocycles. The molecule has 0 radical (unpaired) electrons. The standard InChI is InChI=1S/C17H11F4N/c18-15-6-2-4-12(8-15)16-9-13(10-22-16)11-3-1-5-14(7-11)17(19,20)21/h1-10,22H. The second-order valence-electron chi connectivity index (χ2n) is 4.89. The van der Waals surface area contributed by atoms with Gasteiger partial charge in [0.05, 0.1) is 5.56 Å². The van der Waals surface area contributed by atoms with Crippen molar-refractivity contribution < 1.29 is 17.6 Å². The molecule has 3 aromatic rings. The van der Waals surface area contributed by atoms with E-state index in [0.717, 1.165) is 12.1 Å². The van der Waals surface area contributed by atoms with E-state index in [-0.39, 0.29) is 5.82 Å². The number of halogens is 4. The molecule has 2 aromatic carbocycles. The Morgan fingerprint density at radius 3 is 2.23 bits per heavy atom. The van der Waals surface area contributed by atoms with Crippen LogP contribution in [0.1, 0.15) is 5.56 Å². The Hall–Kier alpha value is -2.56. The zero-order chi connectivity index (χ0) is 15.7. The number of rotatable bonds is 2. The molecular weight excluding hydrogens is 294 g/mol. The van der Waals surface area contributed by atoms with Crippen molar-refractivity contribution in [2.75, 3.05) is 0 Å². The third-order valence-electron chi connectivity index (χ3n) is 3.34. The molecule has 1 nitrogen and oxygen atoms in total. The normalized spacial score (nSPS) is 11.6. The highest BCUT2D eigenvalue weighted by molar-refractivity contribution is 5.71. The van der Waals surface area contributed by atoms with Crippen LogP contribution in [0.3, 0.4) is 0 Å². The molecule has 0 saturated heterocycles. The third kappa shape index (κ3) is 2.88. The van der Waals surface area contributed by atoms with E-state index in [1.165, 1.54) is 18.2 Å². The van der Waals surface area contributed by atoms with E-state index in [2.05, 4.69) is 4.98 Å². The molecular formula is C17H11F4N. The SMILES string of the molecule is Fc1cccc(-c2cc(-c3cccc(C(F)(F)F)c3)c[nH]2)c1. The Balaban J connectivity index is 1.98. The highest BCUT2D eigenvalue weighted by Gasteiger charge is 2.30. The monoisotopic (exact) mass is 305 g/mol. The van der Waals surface area contributed by atoms with E-state index in [0.29, 0.717) is 22.4 Å². The average Bonchev–Trinajstić information content (AvgIpc) is 2.96. The van der Waals surface area contributed by atoms with E-state index in [9.17, 15) is 17.6 Å². The number of hydrogen-bond donors (Lipinski definition) is 1. The Kier molecular flexibility index (Phi) is 3.48. The van der Waals surface area contributed by atoms with Crippen molar-refractivity contribution in [3.8, 4) is 22.4 Å². The maximum Gasteiger partial charge on any atom is 0.416 e. The molecule has 22 heavy (non-hydrogen) atoms. The quantitative estimate of drug-likeness (QED) is 0.601. The molecule has 0 atom stereocenters. The van der Waals surface area contributed by atoms with Gasteiger partial charge in [0.15, 0.2) is 0 Å². The lowest BCUT2D eigenvalue weighted by molar-refractivity contribution is -0.137. The van der Waals surface area contributed by atoms with Gasteiger partial charge in [-0.2, -0.15) is 13.2 Å². The van der Waals surface area contributed by atoms with Crippen molar-refractivity contribution in [1.82, 2.24) is 4.98 Å². The molecule has 0 aliphatic carbocycles. The number of aromatic nitrogens is 1. The number of alkyl halides is 3. The van der Waals surface area contributed by atoms with Gasteiger partial charge in [-0.05, 0) is 41.5 Å². The summed E-state index contributed by atoms with van der Waals surface area (Å²) in [5.41, 5.74) is 1.66. The van der Waals surface area contributed by atoms with Gasteiger partial charge >= 0.3 is 6.18 Å². The first kappa shape index (κ1) is 14.4. The summed E-state index contributed by atoms with van der Waals surface area (Å²) in [5.74, 6) is -0.368. The lowest BCUT2D eigenvalue weighted by atomic mass is 10.0. The van der Waals surface area contributed by atoms with Crippen LogP contribution in [0.2, 0.25) is 0 Å². The third-order valence-corrected chi connectivity index (χ3v) is 3.34. The summed E-state index contributed by atoms with van der Waals surface area (Å²) >= 11 is 0. The maximum absolute atomic E-state index is 13.2. The van der Waals surface area contributed by atoms with Crippen LogP contribution in [-0.2, 0) is 6.18 Å². The predicted octanol–water partition coefficient (Wildman–Crippen LogP) is 5.51. The second-order valence-corrected chi connectivity index (χ2v) is 4.89. The smallest absolute Gasteiger partial charge is 0.361 e. The minimum Gasteiger partial charge on any atom is -0.361 e. The van der Waals surface area contributed by atoms with Crippen LogP contribution in [0.15, 0.2) is 60.8 Å². The van der Waals surface area contributed by atoms with Crippen molar-refractivity contribution in [2.45, 2.75) is 6.18 Å². The van der Waals surface area contributed by atoms with Crippen molar-refractivity contribution >= 4 is 0 Å². The molecule has 1 N–H and O–H groups in total. The fourth-order valence-electron chi connectivity index (χ4n) is 2.26. The van der Waals surface area contributed by atoms with Crippen molar-refractivity contribution in [3.63, 3.8) is 0 Å². The number of aromatic amines is 1. The lowest BCUT2D eigenvalue weighted by Crippen LogP contribution is -2.04. The van der Waals surface area contributed by atoms with Gasteiger partial charge in [-0.25, -0.2) is 4.39 Å². The summed E-state index contributed by atoms with van der Waals surface area (Å²) < 4.78 is 51.5. The fourth-order valence-corrected chi connectivity index (χ4v) is 2.26. The molecule has 0 spiro atoms. The molecule has 0 aliphatic heterocycles. The molecule has 0 fully saturated rings. The summed E-state index contributed by atoms with van der Waals surface area (Å²) in [5, 5.41) is 0. The maximum atomic E-state index is 13.2. The van der Waals surface area contributed by atoms with Gasteiger partial charge < -0.3 is 4.98 Å². The lowest BCUT2D eigenvalue weighted by Gasteiger charge is -2.07. The molecule has 3 rings (SSSR count). The molecule has 0 aliphatic rings. The Labute approximate surface area is 124 Å². The summed E-state index contributed by atoms with van der Waals surface area (Å²) in [6.07, 6.45) is -2.77. The highest BCUT2D eigenvalue weighted by Crippen LogP contribution is 2.33. The van der Waals surface area contributed by atoms with Crippen LogP contribution < -0.4 is 0 Å². The number of hydrogen-bond acceptors (Lipinski definition) is 0. The Bertz CT molecular complexity index is 802. The Morgan fingerprint density at radius 1 is 0.773 bits per heavy atom. The van der Waals surface area contributed by atoms with Crippen LogP contribution in [0, 0.1) is 5.82 Å². The first-order valence-corrected chi connectivity index (χ1v) is 6.55. The first-order chi connectivity index (χ1) is 10.4. The average molecular weight is 305 g/mol. The van der Waals surface area contributed by atoms with Crippen LogP contribution in [0.4, 0.5) is 17.6 Å². The van der Waals surface area contributed by atoms with Crippen LogP contribution in [-0.4, -0.2) is 4.98 Å². The molecule has 5 heteroatoms. The van der Waals surface area contributed by atoms with Gasteiger partial charge in [0.2, 0.25) is 0 Å². The molecule has 0 amide bonds. The van der Waals surface area contributed by atoms with Crippen molar-refractivity contribution in [2.24, 2.45) is 0 Å². The largest absolute Gasteiger partial charge is 0.416 e. The van der Waals surface area contributed by atoms with Gasteiger partial charge in [0, 0.05) is 17.5 Å². The van der Waals surface area contributed by atoms with Crippen LogP contribution >= 0.6 is 0 Å². The van der Waals surface area contributed by atoms with Gasteiger partial charge in [-0.1, -0.05) is 24.3 Å². The predicted molar refractivity (Wildman–Crippen MR) is 76.6 cm³/mol. The van der Waals surface area contributed by atoms with Crippen molar-refractivity contribution in [1.29, 1.82) is 0 Å². The molecule has 0 unspecified atom stereocenters. The van der Waals surface area contributed by atoms with E-state index >= 15 is 0 Å². The Morgan fingerprint density at radius 2 is 1.50 bits per heavy atom. The molecule has 0 bridgehead atoms. The fraction of sp³-hybridized carbons (Fsp3) is 0.0588. The zero-order valence-electron chi connectivity index (χ0n) is 11.3. The number of benzene rings is 2. The van der Waals surface area contributed by atoms with Gasteiger partial charge in [0.1, 0.15) is 5.82 Å². The summed E-state index contributed by atoms with van der Waals surface area (Å²) in [6, 6.07) is 12.8. The van der Waals surface area contributed by atoms with Crippen molar-refractivity contribution in [3.05, 3.63) is 72.2 Å². The zero-order valence-corrected chi connectivity index (χ0v) is 11.3. The minimum absolute atomic E-state index is 0.368. The topological polar surface area (TPSA) is 15.8 Å². The molecule has 112 valence electrons. The minimum atomic E-state index is -4.38. The van der Waals surface area contributed by atoms with Gasteiger partial charge in [-0.3, -0.25) is 0 Å². The highest BCUT2D eigenvalue weighted by atomic mass is 19.4. The van der Waals surface area contributed by atoms with E-state index in [4.69, 9.17) is 0 Å². The van der Waals surface area contributed by atoms with Crippen LogP contribution in [0.25, 0.3) is 22.4 Å². The van der Waals surface area contributed by atoms with E-state index in [1.54, 1.807) is 30.5 Å². The summed E-state index contributed by atoms with van der Waals surface area (Å²) in [4.78, 5) is 2.96. The van der Waals surface area contributed by atoms with Gasteiger partial charge in [-0.15, -0.1) is 0 Å². The second kappa shape index (κ2) is 5.33. The number of nitrogens with one attached hydrogen (secondary N) is 1. The summed E-state index contributed by atoms with van der Waals surface area (Å²) in [6.45, 7) is 0. The molecule has 1 aromatic heterocycles. The van der Waals surface area contributed by atoms with Crippen LogP contribution in [0.5, 0.6) is 0 Å². The molecule has 1 heterocycles. The summed E-state index contributed by atoms with van der Waals surface area (Å²) in [7, 11) is 0. The first-order valence-electron chi connectivity index (χ1n) is 6.55. The van der Waals surface area contributed by atoms with E-state index in [1.807, 2.05) is 0 Å². The van der Waals surface area contributed by atoms with E-state index < -0.39 is 11.7 Å².